The van der Waals surface area contributed by atoms with Crippen molar-refractivity contribution in [1.29, 1.82) is 0 Å². The summed E-state index contributed by atoms with van der Waals surface area (Å²) in [6.07, 6.45) is 1.39. The van der Waals surface area contributed by atoms with Crippen LogP contribution in [-0.4, -0.2) is 67.6 Å². The van der Waals surface area contributed by atoms with Gasteiger partial charge in [0.1, 0.15) is 0 Å². The van der Waals surface area contributed by atoms with E-state index in [0.29, 0.717) is 51.6 Å². The number of rotatable bonds is 3. The predicted octanol–water partition coefficient (Wildman–Crippen LogP) is 1.46. The van der Waals surface area contributed by atoms with Gasteiger partial charge in [0.05, 0.1) is 25.4 Å². The Kier molecular flexibility index (Phi) is 5.01. The molecule has 142 valence electrons. The summed E-state index contributed by atoms with van der Waals surface area (Å²) in [7, 11) is 1.65. The van der Waals surface area contributed by atoms with E-state index in [9.17, 15) is 9.90 Å². The molecule has 26 heavy (non-hydrogen) atoms. The number of hydrogen-bond donors (Lipinski definition) is 1. The number of hydrogen-bond acceptors (Lipinski definition) is 5. The van der Waals surface area contributed by atoms with Crippen molar-refractivity contribution in [3.05, 3.63) is 35.4 Å². The van der Waals surface area contributed by atoms with Crippen molar-refractivity contribution in [2.45, 2.75) is 31.1 Å². The Hall–Kier alpha value is -1.47. The average Bonchev–Trinajstić information content (AvgIpc) is 2.67. The van der Waals surface area contributed by atoms with E-state index in [2.05, 4.69) is 0 Å². The Morgan fingerprint density at radius 3 is 3.04 bits per heavy atom. The summed E-state index contributed by atoms with van der Waals surface area (Å²) in [6.45, 7) is 3.22. The topological polar surface area (TPSA) is 68.2 Å². The number of ether oxygens (including phenoxy) is 3. The third-order valence-corrected chi connectivity index (χ3v) is 6.20. The summed E-state index contributed by atoms with van der Waals surface area (Å²) in [5.41, 5.74) is 0.862. The first kappa shape index (κ1) is 17.9. The first-order valence-electron chi connectivity index (χ1n) is 9.40. The lowest BCUT2D eigenvalue weighted by Gasteiger charge is -2.57. The highest BCUT2D eigenvalue weighted by atomic mass is 16.5. The van der Waals surface area contributed by atoms with Crippen molar-refractivity contribution in [2.75, 3.05) is 40.1 Å². The highest BCUT2D eigenvalue weighted by molar-refractivity contribution is 5.94. The first-order chi connectivity index (χ1) is 12.6. The van der Waals surface area contributed by atoms with Crippen LogP contribution in [0.3, 0.4) is 0 Å². The molecule has 0 aliphatic carbocycles. The number of nitrogens with zero attached hydrogens (tertiary/aromatic N) is 1. The Labute approximate surface area is 154 Å². The van der Waals surface area contributed by atoms with Crippen molar-refractivity contribution in [2.24, 2.45) is 11.8 Å². The molecule has 0 unspecified atom stereocenters. The van der Waals surface area contributed by atoms with Crippen LogP contribution in [0.1, 0.15) is 28.8 Å². The van der Waals surface area contributed by atoms with Gasteiger partial charge in [-0.2, -0.15) is 0 Å². The van der Waals surface area contributed by atoms with Gasteiger partial charge in [0.25, 0.3) is 5.91 Å². The molecular weight excluding hydrogens is 334 g/mol. The number of carbonyl (C=O) groups is 1. The number of carbonyl (C=O) groups excluding carboxylic acids is 1. The SMILES string of the molecule is COCc1cccc(C(=O)N2C[C@@H]3COCC[C@]3(O)[C@H]3COCC[C@H]32)c1. The Morgan fingerprint density at radius 1 is 1.35 bits per heavy atom. The van der Waals surface area contributed by atoms with Gasteiger partial charge >= 0.3 is 0 Å². The van der Waals surface area contributed by atoms with Crippen LogP contribution >= 0.6 is 0 Å². The second-order valence-corrected chi connectivity index (χ2v) is 7.64. The van der Waals surface area contributed by atoms with Crippen molar-refractivity contribution < 1.29 is 24.1 Å². The lowest BCUT2D eigenvalue weighted by atomic mass is 9.66. The third kappa shape index (κ3) is 3.05. The van der Waals surface area contributed by atoms with E-state index < -0.39 is 5.60 Å². The molecule has 4 rings (SSSR count). The average molecular weight is 361 g/mol. The number of methoxy groups -OCH3 is 1. The van der Waals surface area contributed by atoms with Crippen LogP contribution in [0.25, 0.3) is 0 Å². The van der Waals surface area contributed by atoms with Gasteiger partial charge in [0, 0.05) is 56.7 Å². The van der Waals surface area contributed by atoms with Gasteiger partial charge in [0.2, 0.25) is 0 Å². The van der Waals surface area contributed by atoms with Gasteiger partial charge in [0.15, 0.2) is 0 Å². The van der Waals surface area contributed by atoms with Crippen LogP contribution in [0, 0.1) is 11.8 Å². The van der Waals surface area contributed by atoms with Gasteiger partial charge in [-0.25, -0.2) is 0 Å². The lowest BCUT2D eigenvalue weighted by molar-refractivity contribution is -0.212. The van der Waals surface area contributed by atoms with Crippen LogP contribution in [0.2, 0.25) is 0 Å². The normalized spacial score (nSPS) is 34.1. The minimum absolute atomic E-state index is 0.0154. The second kappa shape index (κ2) is 7.27. The maximum absolute atomic E-state index is 13.3. The number of benzene rings is 1. The summed E-state index contributed by atoms with van der Waals surface area (Å²) in [5, 5.41) is 11.4. The van der Waals surface area contributed by atoms with Crippen LogP contribution < -0.4 is 0 Å². The van der Waals surface area contributed by atoms with E-state index in [1.54, 1.807) is 7.11 Å². The third-order valence-electron chi connectivity index (χ3n) is 6.20. The molecule has 0 bridgehead atoms. The number of likely N-dealkylation sites (tertiary alicyclic amines) is 1. The van der Waals surface area contributed by atoms with Crippen LogP contribution in [0.15, 0.2) is 24.3 Å². The van der Waals surface area contributed by atoms with E-state index in [-0.39, 0.29) is 23.8 Å². The molecule has 0 spiro atoms. The molecule has 4 atom stereocenters. The molecule has 3 fully saturated rings. The number of fused-ring (bicyclic) bond motifs is 3. The van der Waals surface area contributed by atoms with Gasteiger partial charge in [-0.3, -0.25) is 4.79 Å². The van der Waals surface area contributed by atoms with Crippen molar-refractivity contribution in [3.8, 4) is 0 Å². The molecule has 6 nitrogen and oxygen atoms in total. The Bertz CT molecular complexity index is 665. The van der Waals surface area contributed by atoms with Gasteiger partial charge in [-0.15, -0.1) is 0 Å². The fraction of sp³-hybridized carbons (Fsp3) is 0.650. The molecule has 3 saturated heterocycles. The van der Waals surface area contributed by atoms with Gasteiger partial charge < -0.3 is 24.2 Å². The van der Waals surface area contributed by atoms with Crippen molar-refractivity contribution >= 4 is 5.91 Å². The molecule has 1 N–H and O–H groups in total. The van der Waals surface area contributed by atoms with E-state index in [0.717, 1.165) is 12.0 Å². The van der Waals surface area contributed by atoms with Gasteiger partial charge in [-0.05, 0) is 24.1 Å². The Morgan fingerprint density at radius 2 is 2.19 bits per heavy atom. The molecule has 3 aliphatic heterocycles. The predicted molar refractivity (Wildman–Crippen MR) is 94.8 cm³/mol. The summed E-state index contributed by atoms with van der Waals surface area (Å²) in [5.74, 6) is -0.0946. The fourth-order valence-corrected chi connectivity index (χ4v) is 4.82. The summed E-state index contributed by atoms with van der Waals surface area (Å²) in [4.78, 5) is 15.3. The minimum atomic E-state index is -0.794. The molecule has 3 heterocycles. The highest BCUT2D eigenvalue weighted by Crippen LogP contribution is 2.44. The molecule has 1 aromatic rings. The van der Waals surface area contributed by atoms with Crippen LogP contribution in [0.4, 0.5) is 0 Å². The summed E-state index contributed by atoms with van der Waals surface area (Å²) < 4.78 is 16.5. The first-order valence-corrected chi connectivity index (χ1v) is 9.40. The van der Waals surface area contributed by atoms with Gasteiger partial charge in [-0.1, -0.05) is 12.1 Å². The zero-order valence-electron chi connectivity index (χ0n) is 15.2. The van der Waals surface area contributed by atoms with Crippen molar-refractivity contribution in [1.82, 2.24) is 4.90 Å². The second-order valence-electron chi connectivity index (χ2n) is 7.64. The molecule has 0 saturated carbocycles. The largest absolute Gasteiger partial charge is 0.389 e. The molecule has 6 heteroatoms. The lowest BCUT2D eigenvalue weighted by Crippen LogP contribution is -2.68. The molecule has 1 aromatic carbocycles. The maximum atomic E-state index is 13.3. The number of aliphatic hydroxyl groups is 1. The zero-order chi connectivity index (χ0) is 18.1. The molecule has 3 aliphatic rings. The van der Waals surface area contributed by atoms with E-state index in [4.69, 9.17) is 14.2 Å². The minimum Gasteiger partial charge on any atom is -0.389 e. The highest BCUT2D eigenvalue weighted by Gasteiger charge is 2.56. The zero-order valence-corrected chi connectivity index (χ0v) is 15.2. The number of piperidine rings is 1. The summed E-state index contributed by atoms with van der Waals surface area (Å²) >= 11 is 0. The van der Waals surface area contributed by atoms with Crippen LogP contribution in [-0.2, 0) is 20.8 Å². The maximum Gasteiger partial charge on any atom is 0.254 e. The fourth-order valence-electron chi connectivity index (χ4n) is 4.82. The van der Waals surface area contributed by atoms with E-state index >= 15 is 0 Å². The molecule has 0 radical (unpaired) electrons. The standard InChI is InChI=1S/C20H27NO5/c1-24-11-14-3-2-4-15(9-14)19(22)21-10-16-12-26-8-6-20(16,23)17-13-25-7-5-18(17)21/h2-4,9,16-18,23H,5-8,10-13H2,1H3/t16-,17+,18-,20-/m1/s1. The molecule has 1 amide bonds. The van der Waals surface area contributed by atoms with E-state index in [1.165, 1.54) is 0 Å². The summed E-state index contributed by atoms with van der Waals surface area (Å²) in [6, 6.07) is 7.63. The number of amides is 1. The Balaban J connectivity index is 1.63. The van der Waals surface area contributed by atoms with E-state index in [1.807, 2.05) is 29.2 Å². The monoisotopic (exact) mass is 361 g/mol. The van der Waals surface area contributed by atoms with Crippen LogP contribution in [0.5, 0.6) is 0 Å². The van der Waals surface area contributed by atoms with Crippen molar-refractivity contribution in [3.63, 3.8) is 0 Å². The molecule has 0 aromatic heterocycles. The quantitative estimate of drug-likeness (QED) is 0.883. The smallest absolute Gasteiger partial charge is 0.254 e. The molecular formula is C20H27NO5.